The summed E-state index contributed by atoms with van der Waals surface area (Å²) in [7, 11) is 0. The number of amides is 1. The van der Waals surface area contributed by atoms with Gasteiger partial charge in [-0.1, -0.05) is 18.0 Å². The monoisotopic (exact) mass is 281 g/mol. The molecule has 112 valence electrons. The molecule has 6 heteroatoms. The number of aliphatic hydroxyl groups excluding tert-OH is 1. The van der Waals surface area contributed by atoms with Gasteiger partial charge in [-0.25, -0.2) is 0 Å². The van der Waals surface area contributed by atoms with E-state index >= 15 is 0 Å². The molecule has 0 atom stereocenters. The lowest BCUT2D eigenvalue weighted by atomic mass is 10.2. The van der Waals surface area contributed by atoms with E-state index in [2.05, 4.69) is 15.4 Å². The third kappa shape index (κ3) is 4.31. The number of nitrogens with zero attached hydrogens (tertiary/aromatic N) is 2. The Balaban J connectivity index is 1.77. The first-order valence-electron chi connectivity index (χ1n) is 7.27. The van der Waals surface area contributed by atoms with E-state index in [-0.39, 0.29) is 12.5 Å². The molecule has 1 heterocycles. The summed E-state index contributed by atoms with van der Waals surface area (Å²) >= 11 is 0. The van der Waals surface area contributed by atoms with Gasteiger partial charge < -0.3 is 14.9 Å². The molecule has 1 aromatic heterocycles. The number of nitrogens with one attached hydrogen (secondary N) is 1. The van der Waals surface area contributed by atoms with Crippen molar-refractivity contribution in [2.45, 2.75) is 45.1 Å². The van der Waals surface area contributed by atoms with Crippen LogP contribution in [0.4, 0.5) is 5.82 Å². The minimum absolute atomic E-state index is 0.0702. The van der Waals surface area contributed by atoms with Crippen molar-refractivity contribution in [3.63, 3.8) is 0 Å². The number of aliphatic hydroxyl groups is 1. The second-order valence-electron chi connectivity index (χ2n) is 5.32. The van der Waals surface area contributed by atoms with Gasteiger partial charge in [-0.05, 0) is 19.8 Å². The van der Waals surface area contributed by atoms with Crippen LogP contribution in [0.3, 0.4) is 0 Å². The highest BCUT2D eigenvalue weighted by molar-refractivity contribution is 5.89. The zero-order valence-corrected chi connectivity index (χ0v) is 12.0. The molecule has 0 aromatic carbocycles. The van der Waals surface area contributed by atoms with Gasteiger partial charge >= 0.3 is 0 Å². The zero-order valence-electron chi connectivity index (χ0n) is 12.0. The first-order chi connectivity index (χ1) is 9.69. The second kappa shape index (κ2) is 7.40. The fourth-order valence-electron chi connectivity index (χ4n) is 2.75. The minimum Gasteiger partial charge on any atom is -0.395 e. The maximum absolute atomic E-state index is 11.9. The molecule has 2 N–H and O–H groups in total. The standard InChI is InChI=1S/C14H23N3O3/c1-11-10-13(16-20-11)15-14(19)6-7-17(8-9-18)12-4-2-3-5-12/h10,12,18H,2-9H2,1H3,(H,15,16,19). The highest BCUT2D eigenvalue weighted by Gasteiger charge is 2.22. The van der Waals surface area contributed by atoms with Crippen molar-refractivity contribution in [1.82, 2.24) is 10.1 Å². The van der Waals surface area contributed by atoms with Gasteiger partial charge in [0.1, 0.15) is 5.76 Å². The first kappa shape index (κ1) is 15.0. The van der Waals surface area contributed by atoms with Crippen LogP contribution < -0.4 is 5.32 Å². The molecule has 1 saturated carbocycles. The average molecular weight is 281 g/mol. The van der Waals surface area contributed by atoms with E-state index in [0.717, 1.165) is 0 Å². The molecule has 1 aromatic rings. The van der Waals surface area contributed by atoms with Crippen LogP contribution in [0.5, 0.6) is 0 Å². The number of carbonyl (C=O) groups excluding carboxylic acids is 1. The Morgan fingerprint density at radius 3 is 2.85 bits per heavy atom. The molecule has 0 spiro atoms. The second-order valence-corrected chi connectivity index (χ2v) is 5.32. The van der Waals surface area contributed by atoms with E-state index < -0.39 is 0 Å². The molecule has 1 amide bonds. The van der Waals surface area contributed by atoms with Crippen molar-refractivity contribution in [2.75, 3.05) is 25.0 Å². The van der Waals surface area contributed by atoms with Crippen LogP contribution in [-0.4, -0.2) is 46.8 Å². The van der Waals surface area contributed by atoms with E-state index in [9.17, 15) is 4.79 Å². The van der Waals surface area contributed by atoms with Crippen LogP contribution in [0.2, 0.25) is 0 Å². The van der Waals surface area contributed by atoms with E-state index in [1.807, 2.05) is 0 Å². The Kier molecular flexibility index (Phi) is 5.55. The lowest BCUT2D eigenvalue weighted by Gasteiger charge is -2.27. The predicted molar refractivity (Wildman–Crippen MR) is 75.4 cm³/mol. The summed E-state index contributed by atoms with van der Waals surface area (Å²) in [4.78, 5) is 14.1. The van der Waals surface area contributed by atoms with Gasteiger partial charge in [0.25, 0.3) is 0 Å². The van der Waals surface area contributed by atoms with Gasteiger partial charge in [-0.2, -0.15) is 0 Å². The zero-order chi connectivity index (χ0) is 14.4. The molecule has 20 heavy (non-hydrogen) atoms. The number of carbonyl (C=O) groups is 1. The summed E-state index contributed by atoms with van der Waals surface area (Å²) in [5.41, 5.74) is 0. The van der Waals surface area contributed by atoms with Crippen molar-refractivity contribution in [3.05, 3.63) is 11.8 Å². The largest absolute Gasteiger partial charge is 0.395 e. The predicted octanol–water partition coefficient (Wildman–Crippen LogP) is 1.55. The third-order valence-corrected chi connectivity index (χ3v) is 3.75. The smallest absolute Gasteiger partial charge is 0.226 e. The lowest BCUT2D eigenvalue weighted by Crippen LogP contribution is -2.37. The molecular formula is C14H23N3O3. The SMILES string of the molecule is Cc1cc(NC(=O)CCN(CCO)C2CCCC2)no1. The fraction of sp³-hybridized carbons (Fsp3) is 0.714. The maximum atomic E-state index is 11.9. The lowest BCUT2D eigenvalue weighted by molar-refractivity contribution is -0.116. The fourth-order valence-corrected chi connectivity index (χ4v) is 2.75. The summed E-state index contributed by atoms with van der Waals surface area (Å²) in [6.45, 7) is 3.24. The van der Waals surface area contributed by atoms with Gasteiger partial charge in [-0.15, -0.1) is 0 Å². The number of hydrogen-bond donors (Lipinski definition) is 2. The Hall–Kier alpha value is -1.40. The summed E-state index contributed by atoms with van der Waals surface area (Å²) in [6, 6.07) is 2.21. The Labute approximate surface area is 119 Å². The minimum atomic E-state index is -0.0702. The van der Waals surface area contributed by atoms with Crippen molar-refractivity contribution < 1.29 is 14.4 Å². The highest BCUT2D eigenvalue weighted by atomic mass is 16.5. The molecule has 6 nitrogen and oxygen atoms in total. The maximum Gasteiger partial charge on any atom is 0.226 e. The van der Waals surface area contributed by atoms with Crippen LogP contribution in [0.15, 0.2) is 10.6 Å². The molecule has 1 aliphatic carbocycles. The Morgan fingerprint density at radius 1 is 1.50 bits per heavy atom. The van der Waals surface area contributed by atoms with Crippen LogP contribution in [0, 0.1) is 6.92 Å². The molecule has 2 rings (SSSR count). The summed E-state index contributed by atoms with van der Waals surface area (Å²) in [5.74, 6) is 1.06. The number of hydrogen-bond acceptors (Lipinski definition) is 5. The number of anilines is 1. The molecule has 1 aliphatic rings. The molecule has 0 unspecified atom stereocenters. The van der Waals surface area contributed by atoms with E-state index in [4.69, 9.17) is 9.63 Å². The molecule has 1 fully saturated rings. The third-order valence-electron chi connectivity index (χ3n) is 3.75. The van der Waals surface area contributed by atoms with Crippen LogP contribution in [-0.2, 0) is 4.79 Å². The van der Waals surface area contributed by atoms with E-state index in [0.29, 0.717) is 37.1 Å². The van der Waals surface area contributed by atoms with E-state index in [1.54, 1.807) is 13.0 Å². The molecule has 0 radical (unpaired) electrons. The van der Waals surface area contributed by atoms with Gasteiger partial charge in [0.2, 0.25) is 5.91 Å². The number of aryl methyl sites for hydroxylation is 1. The van der Waals surface area contributed by atoms with Crippen molar-refractivity contribution >= 4 is 11.7 Å². The molecule has 0 saturated heterocycles. The summed E-state index contributed by atoms with van der Waals surface area (Å²) < 4.78 is 4.90. The average Bonchev–Trinajstić information content (AvgIpc) is 3.06. The topological polar surface area (TPSA) is 78.6 Å². The van der Waals surface area contributed by atoms with Crippen molar-refractivity contribution in [2.24, 2.45) is 0 Å². The summed E-state index contributed by atoms with van der Waals surface area (Å²) in [6.07, 6.45) is 5.24. The number of rotatable bonds is 7. The summed E-state index contributed by atoms with van der Waals surface area (Å²) in [5, 5.41) is 15.6. The van der Waals surface area contributed by atoms with Gasteiger partial charge in [0.15, 0.2) is 5.82 Å². The molecule has 0 aliphatic heterocycles. The quantitative estimate of drug-likeness (QED) is 0.792. The van der Waals surface area contributed by atoms with Gasteiger partial charge in [-0.3, -0.25) is 9.69 Å². The van der Waals surface area contributed by atoms with Crippen LogP contribution in [0.1, 0.15) is 37.9 Å². The van der Waals surface area contributed by atoms with Gasteiger partial charge in [0, 0.05) is 31.6 Å². The van der Waals surface area contributed by atoms with Crippen molar-refractivity contribution in [1.29, 1.82) is 0 Å². The molecule has 0 bridgehead atoms. The Bertz CT molecular complexity index is 427. The first-order valence-corrected chi connectivity index (χ1v) is 7.27. The van der Waals surface area contributed by atoms with Gasteiger partial charge in [0.05, 0.1) is 6.61 Å². The van der Waals surface area contributed by atoms with E-state index in [1.165, 1.54) is 25.7 Å². The van der Waals surface area contributed by atoms with Crippen LogP contribution in [0.25, 0.3) is 0 Å². The van der Waals surface area contributed by atoms with Crippen molar-refractivity contribution in [3.8, 4) is 0 Å². The number of aromatic nitrogens is 1. The highest BCUT2D eigenvalue weighted by Crippen LogP contribution is 2.23. The van der Waals surface area contributed by atoms with Crippen LogP contribution >= 0.6 is 0 Å². The normalized spacial score (nSPS) is 15.9. The Morgan fingerprint density at radius 2 is 2.25 bits per heavy atom. The molecular weight excluding hydrogens is 258 g/mol.